The molecule has 1 aromatic rings. The summed E-state index contributed by atoms with van der Waals surface area (Å²) in [5.74, 6) is 2.42. The number of guanidine groups is 1. The first-order chi connectivity index (χ1) is 9.54. The van der Waals surface area contributed by atoms with Crippen molar-refractivity contribution >= 4 is 35.8 Å². The number of pyridine rings is 1. The van der Waals surface area contributed by atoms with Gasteiger partial charge in [-0.25, -0.2) is 9.98 Å². The van der Waals surface area contributed by atoms with Crippen LogP contribution in [0.4, 0.5) is 5.82 Å². The van der Waals surface area contributed by atoms with Crippen molar-refractivity contribution in [3.8, 4) is 0 Å². The summed E-state index contributed by atoms with van der Waals surface area (Å²) in [4.78, 5) is 11.0. The van der Waals surface area contributed by atoms with Gasteiger partial charge in [0.05, 0.1) is 6.54 Å². The molecule has 0 spiro atoms. The van der Waals surface area contributed by atoms with Gasteiger partial charge in [-0.2, -0.15) is 0 Å². The molecule has 0 radical (unpaired) electrons. The van der Waals surface area contributed by atoms with Crippen molar-refractivity contribution in [3.63, 3.8) is 0 Å². The molecule has 1 rings (SSSR count). The van der Waals surface area contributed by atoms with Crippen molar-refractivity contribution in [1.82, 2.24) is 15.6 Å². The van der Waals surface area contributed by atoms with Gasteiger partial charge in [-0.3, -0.25) is 0 Å². The Labute approximate surface area is 145 Å². The van der Waals surface area contributed by atoms with Gasteiger partial charge in [0.15, 0.2) is 5.96 Å². The molecule has 0 aliphatic heterocycles. The van der Waals surface area contributed by atoms with E-state index in [1.54, 1.807) is 0 Å². The van der Waals surface area contributed by atoms with Gasteiger partial charge in [-0.05, 0) is 18.9 Å². The van der Waals surface area contributed by atoms with E-state index in [2.05, 4.69) is 47.4 Å². The maximum absolute atomic E-state index is 4.63. The monoisotopic (exact) mass is 405 g/mol. The smallest absolute Gasteiger partial charge is 0.191 e. The summed E-state index contributed by atoms with van der Waals surface area (Å²) >= 11 is 0. The highest BCUT2D eigenvalue weighted by atomic mass is 127. The molecule has 2 N–H and O–H groups in total. The molecule has 5 nitrogen and oxygen atoms in total. The topological polar surface area (TPSA) is 52.6 Å². The average molecular weight is 405 g/mol. The third-order valence-corrected chi connectivity index (χ3v) is 2.72. The average Bonchev–Trinajstić information content (AvgIpc) is 2.42. The zero-order chi connectivity index (χ0) is 15.0. The first kappa shape index (κ1) is 19.9. The first-order valence-corrected chi connectivity index (χ1v) is 7.18. The second-order valence-electron chi connectivity index (χ2n) is 5.35. The van der Waals surface area contributed by atoms with Gasteiger partial charge in [0.25, 0.3) is 0 Å². The van der Waals surface area contributed by atoms with Crippen LogP contribution in [0.2, 0.25) is 0 Å². The van der Waals surface area contributed by atoms with E-state index in [1.165, 1.54) is 0 Å². The van der Waals surface area contributed by atoms with Crippen LogP contribution in [0.5, 0.6) is 0 Å². The van der Waals surface area contributed by atoms with E-state index in [0.29, 0.717) is 12.5 Å². The van der Waals surface area contributed by atoms with Crippen LogP contribution in [-0.4, -0.2) is 38.1 Å². The Bertz CT molecular complexity index is 432. The molecule has 21 heavy (non-hydrogen) atoms. The molecule has 0 saturated heterocycles. The lowest BCUT2D eigenvalue weighted by Crippen LogP contribution is -2.39. The van der Waals surface area contributed by atoms with Crippen molar-refractivity contribution in [2.45, 2.75) is 27.3 Å². The molecule has 1 aromatic heterocycles. The van der Waals surface area contributed by atoms with Crippen molar-refractivity contribution in [1.29, 1.82) is 0 Å². The normalized spacial score (nSPS) is 11.0. The first-order valence-electron chi connectivity index (χ1n) is 7.18. The molecular formula is C15H28IN5. The molecular weight excluding hydrogens is 377 g/mol. The van der Waals surface area contributed by atoms with Gasteiger partial charge in [0, 0.05) is 38.9 Å². The molecule has 0 aromatic carbocycles. The molecule has 1 heterocycles. The lowest BCUT2D eigenvalue weighted by atomic mass is 10.2. The largest absolute Gasteiger partial charge is 0.362 e. The second-order valence-corrected chi connectivity index (χ2v) is 5.35. The Hall–Kier alpha value is -1.05. The summed E-state index contributed by atoms with van der Waals surface area (Å²) in [5, 5.41) is 6.61. The lowest BCUT2D eigenvalue weighted by molar-refractivity contribution is 0.615. The summed E-state index contributed by atoms with van der Waals surface area (Å²) in [6, 6.07) is 4.02. The fourth-order valence-corrected chi connectivity index (χ4v) is 1.76. The third-order valence-electron chi connectivity index (χ3n) is 2.72. The predicted octanol–water partition coefficient (Wildman–Crippen LogP) is 2.48. The number of hydrogen-bond donors (Lipinski definition) is 2. The van der Waals surface area contributed by atoms with Crippen LogP contribution in [0.1, 0.15) is 26.3 Å². The number of nitrogens with zero attached hydrogens (tertiary/aromatic N) is 3. The van der Waals surface area contributed by atoms with Gasteiger partial charge in [-0.1, -0.05) is 19.9 Å². The highest BCUT2D eigenvalue weighted by Crippen LogP contribution is 2.15. The van der Waals surface area contributed by atoms with E-state index in [4.69, 9.17) is 0 Å². The highest BCUT2D eigenvalue weighted by molar-refractivity contribution is 14.0. The van der Waals surface area contributed by atoms with E-state index >= 15 is 0 Å². The highest BCUT2D eigenvalue weighted by Gasteiger charge is 2.05. The van der Waals surface area contributed by atoms with E-state index in [-0.39, 0.29) is 24.0 Å². The summed E-state index contributed by atoms with van der Waals surface area (Å²) in [6.07, 6.45) is 1.81. The van der Waals surface area contributed by atoms with E-state index in [1.807, 2.05) is 31.3 Å². The quantitative estimate of drug-likeness (QED) is 0.434. The van der Waals surface area contributed by atoms with Gasteiger partial charge in [0.2, 0.25) is 0 Å². The van der Waals surface area contributed by atoms with Gasteiger partial charge in [0.1, 0.15) is 5.82 Å². The van der Waals surface area contributed by atoms with Crippen LogP contribution in [0.15, 0.2) is 23.3 Å². The molecule has 0 aliphatic carbocycles. The minimum atomic E-state index is 0. The van der Waals surface area contributed by atoms with Crippen molar-refractivity contribution in [2.24, 2.45) is 10.9 Å². The number of aliphatic imine (C=N–C) groups is 1. The van der Waals surface area contributed by atoms with Gasteiger partial charge < -0.3 is 15.5 Å². The maximum atomic E-state index is 4.63. The molecule has 0 fully saturated rings. The van der Waals surface area contributed by atoms with E-state index in [0.717, 1.165) is 30.4 Å². The minimum absolute atomic E-state index is 0. The molecule has 6 heteroatoms. The molecule has 0 atom stereocenters. The van der Waals surface area contributed by atoms with Crippen LogP contribution in [0.3, 0.4) is 0 Å². The Kier molecular flexibility index (Phi) is 10.1. The summed E-state index contributed by atoms with van der Waals surface area (Å²) < 4.78 is 0. The van der Waals surface area contributed by atoms with E-state index in [9.17, 15) is 0 Å². The molecule has 0 bridgehead atoms. The number of halogens is 1. The zero-order valence-electron chi connectivity index (χ0n) is 13.7. The molecule has 0 aliphatic rings. The Balaban J connectivity index is 0.00000400. The Morgan fingerprint density at radius 1 is 1.33 bits per heavy atom. The van der Waals surface area contributed by atoms with Crippen LogP contribution in [0.25, 0.3) is 0 Å². The predicted molar refractivity (Wildman–Crippen MR) is 102 cm³/mol. The van der Waals surface area contributed by atoms with Crippen molar-refractivity contribution in [2.75, 3.05) is 32.1 Å². The van der Waals surface area contributed by atoms with Crippen molar-refractivity contribution in [3.05, 3.63) is 23.9 Å². The zero-order valence-corrected chi connectivity index (χ0v) is 16.0. The number of anilines is 1. The molecule has 0 unspecified atom stereocenters. The SMILES string of the molecule is CCNC(=NCc1cccnc1N(C)C)NCC(C)C.I. The Morgan fingerprint density at radius 2 is 2.05 bits per heavy atom. The second kappa shape index (κ2) is 10.6. The fourth-order valence-electron chi connectivity index (χ4n) is 1.76. The van der Waals surface area contributed by atoms with Crippen molar-refractivity contribution < 1.29 is 0 Å². The van der Waals surface area contributed by atoms with Crippen LogP contribution < -0.4 is 15.5 Å². The molecule has 0 amide bonds. The fraction of sp³-hybridized carbons (Fsp3) is 0.600. The number of nitrogens with one attached hydrogen (secondary N) is 2. The molecule has 0 saturated carbocycles. The molecule has 120 valence electrons. The van der Waals surface area contributed by atoms with Gasteiger partial charge in [-0.15, -0.1) is 24.0 Å². The standard InChI is InChI=1S/C15H27N5.HI/c1-6-16-15(18-10-12(2)3)19-11-13-8-7-9-17-14(13)20(4)5;/h7-9,12H,6,10-11H2,1-5H3,(H2,16,18,19);1H. The van der Waals surface area contributed by atoms with E-state index < -0.39 is 0 Å². The number of rotatable bonds is 6. The van der Waals surface area contributed by atoms with Crippen LogP contribution >= 0.6 is 24.0 Å². The van der Waals surface area contributed by atoms with Crippen LogP contribution in [-0.2, 0) is 6.54 Å². The Morgan fingerprint density at radius 3 is 2.62 bits per heavy atom. The summed E-state index contributed by atoms with van der Waals surface area (Å²) in [5.41, 5.74) is 1.12. The van der Waals surface area contributed by atoms with Crippen LogP contribution in [0, 0.1) is 5.92 Å². The van der Waals surface area contributed by atoms with Gasteiger partial charge >= 0.3 is 0 Å². The number of aromatic nitrogens is 1. The summed E-state index contributed by atoms with van der Waals surface area (Å²) in [6.45, 7) is 8.83. The lowest BCUT2D eigenvalue weighted by Gasteiger charge is -2.16. The number of hydrogen-bond acceptors (Lipinski definition) is 3. The maximum Gasteiger partial charge on any atom is 0.191 e. The third kappa shape index (κ3) is 7.50. The minimum Gasteiger partial charge on any atom is -0.362 e. The summed E-state index contributed by atoms with van der Waals surface area (Å²) in [7, 11) is 4.00.